The van der Waals surface area contributed by atoms with Gasteiger partial charge in [-0.2, -0.15) is 0 Å². The number of halogens is 1. The summed E-state index contributed by atoms with van der Waals surface area (Å²) < 4.78 is 2.43. The number of hydrogen-bond donors (Lipinski definition) is 0. The zero-order valence-corrected chi connectivity index (χ0v) is 12.6. The fraction of sp³-hybridized carbons (Fsp3) is 0.688. The van der Waals surface area contributed by atoms with Crippen molar-refractivity contribution >= 4 is 0 Å². The molecule has 0 atom stereocenters. The minimum Gasteiger partial charge on any atom is -1.00 e. The van der Waals surface area contributed by atoms with Crippen LogP contribution >= 0.6 is 0 Å². The van der Waals surface area contributed by atoms with E-state index in [0.29, 0.717) is 0 Å². The van der Waals surface area contributed by atoms with Gasteiger partial charge in [0, 0.05) is 32.4 Å². The molecule has 0 amide bonds. The van der Waals surface area contributed by atoms with Gasteiger partial charge in [-0.3, -0.25) is 0 Å². The maximum atomic E-state index is 2.43. The Morgan fingerprint density at radius 1 is 0.889 bits per heavy atom. The van der Waals surface area contributed by atoms with Gasteiger partial charge in [-0.1, -0.05) is 34.6 Å². The van der Waals surface area contributed by atoms with Crippen LogP contribution in [-0.4, -0.2) is 0 Å². The summed E-state index contributed by atoms with van der Waals surface area (Å²) in [6, 6.07) is 4.54. The third kappa shape index (κ3) is 7.15. The molecule has 0 aliphatic heterocycles. The summed E-state index contributed by atoms with van der Waals surface area (Å²) in [6.45, 7) is 10.0. The molecular formula is C16H32BrN. The van der Waals surface area contributed by atoms with Crippen LogP contribution in [0.2, 0.25) is 0 Å². The Balaban J connectivity index is -0.000000750. The Hall–Kier alpha value is -0.370. The van der Waals surface area contributed by atoms with Crippen LogP contribution in [0.5, 0.6) is 0 Å². The van der Waals surface area contributed by atoms with Crippen LogP contribution in [0, 0.1) is 20.8 Å². The minimum absolute atomic E-state index is 0. The molecule has 108 valence electrons. The topological polar surface area (TPSA) is 3.88 Å². The van der Waals surface area contributed by atoms with Crippen LogP contribution in [-0.2, 0) is 6.54 Å². The highest BCUT2D eigenvalue weighted by molar-refractivity contribution is 5.13. The average Bonchev–Trinajstić information content (AvgIpc) is 2.15. The Bertz CT molecular complexity index is 298. The number of hydrogen-bond acceptors (Lipinski definition) is 0. The molecule has 0 N–H and O–H groups in total. The summed E-state index contributed by atoms with van der Waals surface area (Å²) in [6.07, 6.45) is 5.35. The number of nitrogens with zero attached hydrogens (tertiary/aromatic N) is 1. The van der Waals surface area contributed by atoms with Crippen molar-refractivity contribution in [1.29, 1.82) is 0 Å². The van der Waals surface area contributed by atoms with E-state index in [1.165, 1.54) is 49.2 Å². The van der Waals surface area contributed by atoms with Gasteiger partial charge in [-0.05, 0) is 18.9 Å². The Kier molecular flexibility index (Phi) is 14.8. The van der Waals surface area contributed by atoms with Crippen LogP contribution in [0.4, 0.5) is 0 Å². The zero-order chi connectivity index (χ0) is 11.3. The highest BCUT2D eigenvalue weighted by Gasteiger charge is 2.10. The van der Waals surface area contributed by atoms with E-state index < -0.39 is 0 Å². The van der Waals surface area contributed by atoms with Gasteiger partial charge >= 0.3 is 0 Å². The maximum absolute atomic E-state index is 2.43. The first-order chi connectivity index (χ1) is 7.15. The fourth-order valence-electron chi connectivity index (χ4n) is 2.18. The first-order valence-corrected chi connectivity index (χ1v) is 6.13. The van der Waals surface area contributed by atoms with Gasteiger partial charge in [-0.25, -0.2) is 4.57 Å². The van der Waals surface area contributed by atoms with E-state index >= 15 is 0 Å². The van der Waals surface area contributed by atoms with E-state index in [4.69, 9.17) is 0 Å². The SMILES string of the molecule is C.C.CCCCCC[n+]1c(C)cc(C)cc1C.[Br-]. The van der Waals surface area contributed by atoms with Crippen LogP contribution < -0.4 is 21.5 Å². The number of pyridine rings is 1. The second-order valence-corrected chi connectivity index (χ2v) is 4.53. The Morgan fingerprint density at radius 3 is 1.83 bits per heavy atom. The second kappa shape index (κ2) is 11.7. The molecule has 0 saturated heterocycles. The molecule has 1 rings (SSSR count). The van der Waals surface area contributed by atoms with Gasteiger partial charge in [0.2, 0.25) is 0 Å². The molecule has 0 aliphatic rings. The first-order valence-electron chi connectivity index (χ1n) is 6.13. The largest absolute Gasteiger partial charge is 1.00 e. The molecule has 18 heavy (non-hydrogen) atoms. The fourth-order valence-corrected chi connectivity index (χ4v) is 2.18. The smallest absolute Gasteiger partial charge is 0.178 e. The third-order valence-electron chi connectivity index (χ3n) is 2.96. The van der Waals surface area contributed by atoms with E-state index in [0.717, 1.165) is 0 Å². The molecule has 1 aromatic rings. The molecule has 0 unspecified atom stereocenters. The van der Waals surface area contributed by atoms with E-state index in [1.54, 1.807) is 0 Å². The Labute approximate surface area is 125 Å². The number of aromatic nitrogens is 1. The molecule has 0 aromatic carbocycles. The van der Waals surface area contributed by atoms with Gasteiger partial charge in [0.1, 0.15) is 6.54 Å². The number of unbranched alkanes of at least 4 members (excludes halogenated alkanes) is 3. The average molecular weight is 318 g/mol. The molecule has 1 heterocycles. The van der Waals surface area contributed by atoms with Crippen molar-refractivity contribution in [2.75, 3.05) is 0 Å². The minimum atomic E-state index is 0. The lowest BCUT2D eigenvalue weighted by molar-refractivity contribution is -0.709. The van der Waals surface area contributed by atoms with Crippen molar-refractivity contribution in [3.05, 3.63) is 29.1 Å². The van der Waals surface area contributed by atoms with E-state index in [9.17, 15) is 0 Å². The lowest BCUT2D eigenvalue weighted by Gasteiger charge is -2.05. The molecule has 0 spiro atoms. The van der Waals surface area contributed by atoms with Gasteiger partial charge < -0.3 is 17.0 Å². The number of aryl methyl sites for hydroxylation is 3. The molecule has 1 aromatic heterocycles. The van der Waals surface area contributed by atoms with Crippen molar-refractivity contribution in [2.45, 2.75) is 74.8 Å². The second-order valence-electron chi connectivity index (χ2n) is 4.53. The normalized spacial score (nSPS) is 8.89. The summed E-state index contributed by atoms with van der Waals surface area (Å²) >= 11 is 0. The summed E-state index contributed by atoms with van der Waals surface area (Å²) in [5, 5.41) is 0. The van der Waals surface area contributed by atoms with Gasteiger partial charge in [0.15, 0.2) is 11.4 Å². The summed E-state index contributed by atoms with van der Waals surface area (Å²) in [5.41, 5.74) is 4.16. The Morgan fingerprint density at radius 2 is 1.39 bits per heavy atom. The van der Waals surface area contributed by atoms with Gasteiger partial charge in [0.25, 0.3) is 0 Å². The van der Waals surface area contributed by atoms with Crippen LogP contribution in [0.15, 0.2) is 12.1 Å². The predicted octanol–water partition coefficient (Wildman–Crippen LogP) is 1.76. The third-order valence-corrected chi connectivity index (χ3v) is 2.96. The quantitative estimate of drug-likeness (QED) is 0.575. The van der Waals surface area contributed by atoms with Crippen molar-refractivity contribution in [1.82, 2.24) is 0 Å². The van der Waals surface area contributed by atoms with Crippen molar-refractivity contribution in [2.24, 2.45) is 0 Å². The van der Waals surface area contributed by atoms with Gasteiger partial charge in [-0.15, -0.1) is 0 Å². The predicted molar refractivity (Wildman–Crippen MR) is 78.5 cm³/mol. The summed E-state index contributed by atoms with van der Waals surface area (Å²) in [7, 11) is 0. The highest BCUT2D eigenvalue weighted by atomic mass is 79.9. The van der Waals surface area contributed by atoms with Crippen LogP contribution in [0.1, 0.15) is 64.4 Å². The van der Waals surface area contributed by atoms with Crippen LogP contribution in [0.3, 0.4) is 0 Å². The first kappa shape index (κ1) is 22.8. The molecular weight excluding hydrogens is 286 g/mol. The van der Waals surface area contributed by atoms with E-state index in [1.807, 2.05) is 0 Å². The molecule has 0 bridgehead atoms. The van der Waals surface area contributed by atoms with Crippen LogP contribution in [0.25, 0.3) is 0 Å². The van der Waals surface area contributed by atoms with Crippen molar-refractivity contribution in [3.8, 4) is 0 Å². The standard InChI is InChI=1S/C14H24N.2CH4.BrH/c1-5-6-7-8-9-15-13(3)10-12(2)11-14(15)4;;;/h10-11H,5-9H2,1-4H3;2*1H4;1H/q+1;;;/p-1. The van der Waals surface area contributed by atoms with E-state index in [-0.39, 0.29) is 31.8 Å². The summed E-state index contributed by atoms with van der Waals surface area (Å²) in [4.78, 5) is 0. The molecule has 0 aliphatic carbocycles. The molecule has 1 nitrogen and oxygen atoms in total. The van der Waals surface area contributed by atoms with E-state index in [2.05, 4.69) is 44.4 Å². The molecule has 0 saturated carbocycles. The van der Waals surface area contributed by atoms with Crippen molar-refractivity contribution < 1.29 is 21.5 Å². The lowest BCUT2D eigenvalue weighted by Crippen LogP contribution is -3.00. The maximum Gasteiger partial charge on any atom is 0.178 e. The molecule has 0 fully saturated rings. The molecule has 0 radical (unpaired) electrons. The van der Waals surface area contributed by atoms with Crippen molar-refractivity contribution in [3.63, 3.8) is 0 Å². The number of rotatable bonds is 5. The summed E-state index contributed by atoms with van der Waals surface area (Å²) in [5.74, 6) is 0. The highest BCUT2D eigenvalue weighted by Crippen LogP contribution is 2.04. The van der Waals surface area contributed by atoms with Gasteiger partial charge in [0.05, 0.1) is 0 Å². The zero-order valence-electron chi connectivity index (χ0n) is 11.0. The monoisotopic (exact) mass is 317 g/mol. The molecule has 2 heteroatoms. The lowest BCUT2D eigenvalue weighted by atomic mass is 10.1.